The molecule has 1 atom stereocenters. The molecule has 1 aromatic heterocycles. The standard InChI is InChI=1S/C10H18N4O2/c1-14-6-8(5-12-14)10(15)13-9(3-4-11)7-16-2/h5-6,9H,3-4,7,11H2,1-2H3,(H,13,15). The van der Waals surface area contributed by atoms with E-state index in [-0.39, 0.29) is 11.9 Å². The molecule has 0 saturated carbocycles. The average Bonchev–Trinajstić information content (AvgIpc) is 2.65. The summed E-state index contributed by atoms with van der Waals surface area (Å²) in [7, 11) is 3.36. The van der Waals surface area contributed by atoms with Crippen LogP contribution >= 0.6 is 0 Å². The third kappa shape index (κ3) is 3.63. The highest BCUT2D eigenvalue weighted by Gasteiger charge is 2.13. The molecule has 0 spiro atoms. The third-order valence-corrected chi connectivity index (χ3v) is 2.19. The molecular formula is C10H18N4O2. The van der Waals surface area contributed by atoms with Gasteiger partial charge in [0.05, 0.1) is 24.4 Å². The van der Waals surface area contributed by atoms with Crippen LogP contribution < -0.4 is 11.1 Å². The van der Waals surface area contributed by atoms with Crippen LogP contribution in [-0.4, -0.2) is 42.0 Å². The molecule has 1 heterocycles. The topological polar surface area (TPSA) is 82.2 Å². The van der Waals surface area contributed by atoms with Crippen LogP contribution in [0.1, 0.15) is 16.8 Å². The molecule has 1 aromatic rings. The lowest BCUT2D eigenvalue weighted by Crippen LogP contribution is -2.39. The average molecular weight is 226 g/mol. The van der Waals surface area contributed by atoms with Crippen molar-refractivity contribution >= 4 is 5.91 Å². The summed E-state index contributed by atoms with van der Waals surface area (Å²) in [6, 6.07) is -0.0530. The van der Waals surface area contributed by atoms with Gasteiger partial charge >= 0.3 is 0 Å². The van der Waals surface area contributed by atoms with Crippen molar-refractivity contribution in [1.82, 2.24) is 15.1 Å². The normalized spacial score (nSPS) is 12.4. The van der Waals surface area contributed by atoms with E-state index in [0.29, 0.717) is 25.1 Å². The maximum atomic E-state index is 11.8. The number of nitrogens with two attached hydrogens (primary N) is 1. The zero-order chi connectivity index (χ0) is 12.0. The van der Waals surface area contributed by atoms with Gasteiger partial charge in [0.25, 0.3) is 5.91 Å². The van der Waals surface area contributed by atoms with Gasteiger partial charge in [-0.3, -0.25) is 9.48 Å². The molecule has 1 amide bonds. The summed E-state index contributed by atoms with van der Waals surface area (Å²) in [6.07, 6.45) is 3.89. The van der Waals surface area contributed by atoms with Gasteiger partial charge in [0, 0.05) is 20.4 Å². The van der Waals surface area contributed by atoms with E-state index in [4.69, 9.17) is 10.5 Å². The lowest BCUT2D eigenvalue weighted by Gasteiger charge is -2.16. The Labute approximate surface area is 94.8 Å². The number of aromatic nitrogens is 2. The minimum Gasteiger partial charge on any atom is -0.383 e. The van der Waals surface area contributed by atoms with Crippen molar-refractivity contribution in [3.63, 3.8) is 0 Å². The fraction of sp³-hybridized carbons (Fsp3) is 0.600. The Morgan fingerprint density at radius 3 is 3.00 bits per heavy atom. The van der Waals surface area contributed by atoms with Crippen LogP contribution in [-0.2, 0) is 11.8 Å². The van der Waals surface area contributed by atoms with Crippen molar-refractivity contribution in [2.24, 2.45) is 12.8 Å². The summed E-state index contributed by atoms with van der Waals surface area (Å²) in [5, 5.41) is 6.79. The van der Waals surface area contributed by atoms with Gasteiger partial charge in [0.1, 0.15) is 0 Å². The molecule has 3 N–H and O–H groups in total. The Hall–Kier alpha value is -1.40. The lowest BCUT2D eigenvalue weighted by atomic mass is 10.2. The molecule has 90 valence electrons. The van der Waals surface area contributed by atoms with Crippen molar-refractivity contribution < 1.29 is 9.53 Å². The highest BCUT2D eigenvalue weighted by atomic mass is 16.5. The molecule has 0 bridgehead atoms. The Morgan fingerprint density at radius 1 is 1.75 bits per heavy atom. The smallest absolute Gasteiger partial charge is 0.254 e. The van der Waals surface area contributed by atoms with Gasteiger partial charge in [-0.25, -0.2) is 0 Å². The Morgan fingerprint density at radius 2 is 2.50 bits per heavy atom. The van der Waals surface area contributed by atoms with Gasteiger partial charge in [-0.1, -0.05) is 0 Å². The van der Waals surface area contributed by atoms with Gasteiger partial charge < -0.3 is 15.8 Å². The fourth-order valence-corrected chi connectivity index (χ4v) is 1.41. The first-order chi connectivity index (χ1) is 7.67. The van der Waals surface area contributed by atoms with Crippen LogP contribution in [0.15, 0.2) is 12.4 Å². The van der Waals surface area contributed by atoms with Crippen molar-refractivity contribution in [2.45, 2.75) is 12.5 Å². The maximum Gasteiger partial charge on any atom is 0.254 e. The van der Waals surface area contributed by atoms with Crippen molar-refractivity contribution in [3.8, 4) is 0 Å². The van der Waals surface area contributed by atoms with E-state index in [9.17, 15) is 4.79 Å². The van der Waals surface area contributed by atoms with Gasteiger partial charge in [-0.05, 0) is 13.0 Å². The molecule has 0 aliphatic carbocycles. The number of nitrogens with one attached hydrogen (secondary N) is 1. The number of hydrogen-bond acceptors (Lipinski definition) is 4. The third-order valence-electron chi connectivity index (χ3n) is 2.19. The van der Waals surface area contributed by atoms with E-state index in [1.165, 1.54) is 6.20 Å². The van der Waals surface area contributed by atoms with E-state index >= 15 is 0 Å². The summed E-state index contributed by atoms with van der Waals surface area (Å²) >= 11 is 0. The summed E-state index contributed by atoms with van der Waals surface area (Å²) in [4.78, 5) is 11.8. The number of carbonyl (C=O) groups excluding carboxylic acids is 1. The molecule has 0 aromatic carbocycles. The SMILES string of the molecule is COCC(CCN)NC(=O)c1cnn(C)c1. The number of nitrogens with zero attached hydrogens (tertiary/aromatic N) is 2. The second-order valence-corrected chi connectivity index (χ2v) is 3.61. The van der Waals surface area contributed by atoms with Crippen LogP contribution in [0.3, 0.4) is 0 Å². The monoisotopic (exact) mass is 226 g/mol. The quantitative estimate of drug-likeness (QED) is 0.686. The molecule has 6 nitrogen and oxygen atoms in total. The number of ether oxygens (including phenoxy) is 1. The summed E-state index contributed by atoms with van der Waals surface area (Å²) in [5.74, 6) is -0.149. The summed E-state index contributed by atoms with van der Waals surface area (Å²) in [6.45, 7) is 0.977. The van der Waals surface area contributed by atoms with Crippen LogP contribution in [0.4, 0.5) is 0 Å². The van der Waals surface area contributed by atoms with Crippen molar-refractivity contribution in [3.05, 3.63) is 18.0 Å². The molecule has 0 radical (unpaired) electrons. The van der Waals surface area contributed by atoms with Crippen LogP contribution in [0.5, 0.6) is 0 Å². The molecule has 0 aliphatic rings. The fourth-order valence-electron chi connectivity index (χ4n) is 1.41. The first kappa shape index (κ1) is 12.7. The van der Waals surface area contributed by atoms with Gasteiger partial charge in [0.2, 0.25) is 0 Å². The minimum absolute atomic E-state index is 0.0530. The number of hydrogen-bond donors (Lipinski definition) is 2. The summed E-state index contributed by atoms with van der Waals surface area (Å²) < 4.78 is 6.59. The first-order valence-corrected chi connectivity index (χ1v) is 5.16. The van der Waals surface area contributed by atoms with Gasteiger partial charge in [-0.2, -0.15) is 5.10 Å². The number of carbonyl (C=O) groups is 1. The molecule has 1 rings (SSSR count). The molecule has 16 heavy (non-hydrogen) atoms. The maximum absolute atomic E-state index is 11.8. The largest absolute Gasteiger partial charge is 0.383 e. The molecule has 0 saturated heterocycles. The number of rotatable bonds is 6. The predicted molar refractivity (Wildman–Crippen MR) is 60.0 cm³/mol. The van der Waals surface area contributed by atoms with E-state index in [1.807, 2.05) is 0 Å². The van der Waals surface area contributed by atoms with E-state index in [2.05, 4.69) is 10.4 Å². The molecule has 0 fully saturated rings. The predicted octanol–water partition coefficient (Wildman–Crippen LogP) is -0.486. The van der Waals surface area contributed by atoms with E-state index in [1.54, 1.807) is 25.0 Å². The van der Waals surface area contributed by atoms with Gasteiger partial charge in [-0.15, -0.1) is 0 Å². The molecule has 0 aliphatic heterocycles. The minimum atomic E-state index is -0.149. The van der Waals surface area contributed by atoms with Crippen LogP contribution in [0.25, 0.3) is 0 Å². The second-order valence-electron chi connectivity index (χ2n) is 3.61. The summed E-state index contributed by atoms with van der Waals surface area (Å²) in [5.41, 5.74) is 6.00. The number of amides is 1. The van der Waals surface area contributed by atoms with E-state index < -0.39 is 0 Å². The van der Waals surface area contributed by atoms with Gasteiger partial charge in [0.15, 0.2) is 0 Å². The van der Waals surface area contributed by atoms with Crippen LogP contribution in [0.2, 0.25) is 0 Å². The Balaban J connectivity index is 2.54. The zero-order valence-electron chi connectivity index (χ0n) is 9.64. The van der Waals surface area contributed by atoms with Crippen molar-refractivity contribution in [2.75, 3.05) is 20.3 Å². The second kappa shape index (κ2) is 6.24. The Kier molecular flexibility index (Phi) is 4.94. The number of methoxy groups -OCH3 is 1. The molecular weight excluding hydrogens is 208 g/mol. The van der Waals surface area contributed by atoms with E-state index in [0.717, 1.165) is 0 Å². The highest BCUT2D eigenvalue weighted by Crippen LogP contribution is 1.99. The van der Waals surface area contributed by atoms with Crippen molar-refractivity contribution in [1.29, 1.82) is 0 Å². The lowest BCUT2D eigenvalue weighted by molar-refractivity contribution is 0.0893. The Bertz CT molecular complexity index is 331. The zero-order valence-corrected chi connectivity index (χ0v) is 9.64. The molecule has 6 heteroatoms. The number of aryl methyl sites for hydroxylation is 1. The highest BCUT2D eigenvalue weighted by molar-refractivity contribution is 5.93. The molecule has 1 unspecified atom stereocenters. The van der Waals surface area contributed by atoms with Crippen LogP contribution in [0, 0.1) is 0 Å². The first-order valence-electron chi connectivity index (χ1n) is 5.16.